The summed E-state index contributed by atoms with van der Waals surface area (Å²) in [5.74, 6) is 0.375. The van der Waals surface area contributed by atoms with Crippen molar-refractivity contribution in [3.05, 3.63) is 77.0 Å². The van der Waals surface area contributed by atoms with E-state index in [4.69, 9.17) is 4.42 Å². The van der Waals surface area contributed by atoms with Crippen LogP contribution >= 0.6 is 0 Å². The normalized spacial score (nSPS) is 10.4. The van der Waals surface area contributed by atoms with E-state index in [-0.39, 0.29) is 5.63 Å². The van der Waals surface area contributed by atoms with Crippen LogP contribution in [-0.4, -0.2) is 4.98 Å². The Labute approximate surface area is 116 Å². The third kappa shape index (κ3) is 2.52. The second-order valence-electron chi connectivity index (χ2n) is 4.52. The Kier molecular flexibility index (Phi) is 3.17. The first kappa shape index (κ1) is 12.4. The molecular weight excluding hydrogens is 250 g/mol. The first-order valence-corrected chi connectivity index (χ1v) is 6.37. The molecule has 0 fully saturated rings. The first-order chi connectivity index (χ1) is 9.72. The summed E-state index contributed by atoms with van der Waals surface area (Å²) in [6.07, 6.45) is 0. The van der Waals surface area contributed by atoms with Crippen molar-refractivity contribution in [3.8, 4) is 22.4 Å². The van der Waals surface area contributed by atoms with Gasteiger partial charge in [0.2, 0.25) is 0 Å². The van der Waals surface area contributed by atoms with Crippen LogP contribution in [-0.2, 0) is 0 Å². The standard InChI is InChI=1S/C17H13NO2/c1-12-18-16(11-17(19)20-12)15-9-7-14(8-10-15)13-5-3-2-4-6-13/h2-11H,1H3. The van der Waals surface area contributed by atoms with Crippen LogP contribution in [0.2, 0.25) is 0 Å². The average molecular weight is 263 g/mol. The SMILES string of the molecule is Cc1nc(-c2ccc(-c3ccccc3)cc2)cc(=O)o1. The number of hydrogen-bond acceptors (Lipinski definition) is 3. The molecule has 0 radical (unpaired) electrons. The van der Waals surface area contributed by atoms with Gasteiger partial charge in [-0.05, 0) is 11.1 Å². The Morgan fingerprint density at radius 1 is 0.850 bits per heavy atom. The molecule has 0 bridgehead atoms. The van der Waals surface area contributed by atoms with E-state index >= 15 is 0 Å². The summed E-state index contributed by atoms with van der Waals surface area (Å²) >= 11 is 0. The molecule has 0 unspecified atom stereocenters. The number of aromatic nitrogens is 1. The molecule has 0 atom stereocenters. The van der Waals surface area contributed by atoms with Crippen molar-refractivity contribution in [1.82, 2.24) is 4.98 Å². The highest BCUT2D eigenvalue weighted by molar-refractivity contribution is 5.68. The lowest BCUT2D eigenvalue weighted by molar-refractivity contribution is 0.458. The molecule has 3 nitrogen and oxygen atoms in total. The molecule has 3 rings (SSSR count). The van der Waals surface area contributed by atoms with Crippen LogP contribution in [0, 0.1) is 6.92 Å². The van der Waals surface area contributed by atoms with Gasteiger partial charge in [0.05, 0.1) is 11.8 Å². The van der Waals surface area contributed by atoms with Crippen molar-refractivity contribution in [2.75, 3.05) is 0 Å². The molecule has 0 amide bonds. The average Bonchev–Trinajstić information content (AvgIpc) is 2.47. The molecule has 20 heavy (non-hydrogen) atoms. The van der Waals surface area contributed by atoms with Crippen molar-refractivity contribution in [2.45, 2.75) is 6.92 Å². The Balaban J connectivity index is 1.99. The summed E-state index contributed by atoms with van der Waals surface area (Å²) < 4.78 is 4.87. The van der Waals surface area contributed by atoms with E-state index in [9.17, 15) is 4.79 Å². The zero-order chi connectivity index (χ0) is 13.9. The number of rotatable bonds is 2. The van der Waals surface area contributed by atoms with Gasteiger partial charge in [0.25, 0.3) is 0 Å². The van der Waals surface area contributed by atoms with Gasteiger partial charge in [0, 0.05) is 12.5 Å². The van der Waals surface area contributed by atoms with Crippen LogP contribution in [0.15, 0.2) is 69.9 Å². The highest BCUT2D eigenvalue weighted by Gasteiger charge is 2.04. The van der Waals surface area contributed by atoms with E-state index in [0.717, 1.165) is 16.7 Å². The van der Waals surface area contributed by atoms with Gasteiger partial charge in [-0.2, -0.15) is 0 Å². The lowest BCUT2D eigenvalue weighted by Gasteiger charge is -2.04. The topological polar surface area (TPSA) is 43.1 Å². The van der Waals surface area contributed by atoms with E-state index in [1.165, 1.54) is 6.07 Å². The molecule has 98 valence electrons. The first-order valence-electron chi connectivity index (χ1n) is 6.37. The second-order valence-corrected chi connectivity index (χ2v) is 4.52. The fraction of sp³-hybridized carbons (Fsp3) is 0.0588. The van der Waals surface area contributed by atoms with Gasteiger partial charge in [-0.25, -0.2) is 9.78 Å². The predicted octanol–water partition coefficient (Wildman–Crippen LogP) is 3.68. The lowest BCUT2D eigenvalue weighted by Crippen LogP contribution is -2.01. The number of aryl methyl sites for hydroxylation is 1. The van der Waals surface area contributed by atoms with E-state index < -0.39 is 0 Å². The van der Waals surface area contributed by atoms with Crippen LogP contribution in [0.25, 0.3) is 22.4 Å². The van der Waals surface area contributed by atoms with E-state index in [2.05, 4.69) is 17.1 Å². The summed E-state index contributed by atoms with van der Waals surface area (Å²) in [6, 6.07) is 19.5. The lowest BCUT2D eigenvalue weighted by atomic mass is 10.0. The van der Waals surface area contributed by atoms with Gasteiger partial charge in [-0.3, -0.25) is 0 Å². The molecular formula is C17H13NO2. The van der Waals surface area contributed by atoms with Crippen LogP contribution < -0.4 is 5.63 Å². The van der Waals surface area contributed by atoms with Crippen molar-refractivity contribution in [1.29, 1.82) is 0 Å². The number of hydrogen-bond donors (Lipinski definition) is 0. The van der Waals surface area contributed by atoms with Crippen LogP contribution in [0.1, 0.15) is 5.89 Å². The zero-order valence-corrected chi connectivity index (χ0v) is 11.0. The highest BCUT2D eigenvalue weighted by Crippen LogP contribution is 2.23. The summed E-state index contributed by atoms with van der Waals surface area (Å²) in [5.41, 5.74) is 3.46. The van der Waals surface area contributed by atoms with Crippen LogP contribution in [0.3, 0.4) is 0 Å². The van der Waals surface area contributed by atoms with Gasteiger partial charge >= 0.3 is 5.63 Å². The van der Waals surface area contributed by atoms with Crippen molar-refractivity contribution >= 4 is 0 Å². The minimum Gasteiger partial charge on any atom is -0.409 e. The summed E-state index contributed by atoms with van der Waals surface area (Å²) in [7, 11) is 0. The molecule has 1 heterocycles. The number of benzene rings is 2. The maximum absolute atomic E-state index is 11.4. The Morgan fingerprint density at radius 2 is 1.45 bits per heavy atom. The molecule has 0 saturated heterocycles. The van der Waals surface area contributed by atoms with E-state index in [0.29, 0.717) is 11.6 Å². The van der Waals surface area contributed by atoms with Crippen molar-refractivity contribution < 1.29 is 4.42 Å². The third-order valence-electron chi connectivity index (χ3n) is 3.07. The fourth-order valence-electron chi connectivity index (χ4n) is 2.12. The Bertz CT molecular complexity index is 774. The minimum absolute atomic E-state index is 0.375. The maximum atomic E-state index is 11.4. The number of nitrogens with zero attached hydrogens (tertiary/aromatic N) is 1. The molecule has 0 aliphatic heterocycles. The summed E-state index contributed by atoms with van der Waals surface area (Å²) in [4.78, 5) is 15.6. The van der Waals surface area contributed by atoms with Gasteiger partial charge in [0.15, 0.2) is 5.89 Å². The monoisotopic (exact) mass is 263 g/mol. The largest absolute Gasteiger partial charge is 0.409 e. The molecule has 2 aromatic carbocycles. The smallest absolute Gasteiger partial charge is 0.339 e. The van der Waals surface area contributed by atoms with Crippen LogP contribution in [0.5, 0.6) is 0 Å². The quantitative estimate of drug-likeness (QED) is 0.708. The summed E-state index contributed by atoms with van der Waals surface area (Å²) in [5, 5.41) is 0. The van der Waals surface area contributed by atoms with Gasteiger partial charge in [0.1, 0.15) is 0 Å². The zero-order valence-electron chi connectivity index (χ0n) is 11.0. The molecule has 3 heteroatoms. The van der Waals surface area contributed by atoms with E-state index in [1.54, 1.807) is 6.92 Å². The summed E-state index contributed by atoms with van der Waals surface area (Å²) in [6.45, 7) is 1.67. The maximum Gasteiger partial charge on any atom is 0.339 e. The molecule has 1 aromatic heterocycles. The molecule has 0 aliphatic rings. The third-order valence-corrected chi connectivity index (χ3v) is 3.07. The molecule has 0 aliphatic carbocycles. The Hall–Kier alpha value is -2.68. The molecule has 0 spiro atoms. The minimum atomic E-state index is -0.375. The Morgan fingerprint density at radius 3 is 2.10 bits per heavy atom. The van der Waals surface area contributed by atoms with Gasteiger partial charge in [-0.1, -0.05) is 54.6 Å². The molecule has 0 N–H and O–H groups in total. The van der Waals surface area contributed by atoms with Gasteiger partial charge in [-0.15, -0.1) is 0 Å². The fourth-order valence-corrected chi connectivity index (χ4v) is 2.12. The molecule has 3 aromatic rings. The highest BCUT2D eigenvalue weighted by atomic mass is 16.4. The van der Waals surface area contributed by atoms with E-state index in [1.807, 2.05) is 42.5 Å². The predicted molar refractivity (Wildman–Crippen MR) is 78.4 cm³/mol. The van der Waals surface area contributed by atoms with Crippen molar-refractivity contribution in [3.63, 3.8) is 0 Å². The van der Waals surface area contributed by atoms with Crippen LogP contribution in [0.4, 0.5) is 0 Å². The molecule has 0 saturated carbocycles. The van der Waals surface area contributed by atoms with Crippen molar-refractivity contribution in [2.24, 2.45) is 0 Å². The second kappa shape index (κ2) is 5.13. The van der Waals surface area contributed by atoms with Gasteiger partial charge < -0.3 is 4.42 Å².